The predicted octanol–water partition coefficient (Wildman–Crippen LogP) is 2.76. The zero-order valence-corrected chi connectivity index (χ0v) is 14.0. The molecular formula is C18H23NO4. The summed E-state index contributed by atoms with van der Waals surface area (Å²) < 4.78 is 9.89. The van der Waals surface area contributed by atoms with E-state index in [2.05, 4.69) is 6.07 Å². The van der Waals surface area contributed by atoms with Gasteiger partial charge in [0, 0.05) is 5.57 Å². The van der Waals surface area contributed by atoms with Crippen molar-refractivity contribution in [3.05, 3.63) is 11.6 Å². The van der Waals surface area contributed by atoms with Crippen molar-refractivity contribution in [3.63, 3.8) is 0 Å². The highest BCUT2D eigenvalue weighted by Crippen LogP contribution is 2.70. The molecule has 4 atom stereocenters. The molecule has 0 saturated heterocycles. The van der Waals surface area contributed by atoms with Crippen LogP contribution in [0.4, 0.5) is 0 Å². The number of nitriles is 1. The summed E-state index contributed by atoms with van der Waals surface area (Å²) in [6.07, 6.45) is 6.54. The smallest absolute Gasteiger partial charge is 0.333 e. The topological polar surface area (TPSA) is 76.4 Å². The number of methoxy groups -OCH3 is 2. The third kappa shape index (κ3) is 2.36. The Labute approximate surface area is 136 Å². The minimum absolute atomic E-state index is 0.199. The van der Waals surface area contributed by atoms with Crippen molar-refractivity contribution in [1.29, 1.82) is 5.26 Å². The van der Waals surface area contributed by atoms with E-state index in [-0.39, 0.29) is 17.4 Å². The van der Waals surface area contributed by atoms with Crippen molar-refractivity contribution < 1.29 is 19.1 Å². The van der Waals surface area contributed by atoms with Gasteiger partial charge in [0.15, 0.2) is 0 Å². The number of nitrogens with zero attached hydrogens (tertiary/aromatic N) is 1. The molecule has 0 heterocycles. The molecule has 4 fully saturated rings. The lowest BCUT2D eigenvalue weighted by Crippen LogP contribution is -2.58. The van der Waals surface area contributed by atoms with Gasteiger partial charge in [0.05, 0.1) is 31.1 Å². The number of hydrogen-bond donors (Lipinski definition) is 0. The minimum Gasteiger partial charge on any atom is -0.469 e. The first-order chi connectivity index (χ1) is 10.8. The van der Waals surface area contributed by atoms with Crippen LogP contribution in [-0.2, 0) is 19.1 Å². The van der Waals surface area contributed by atoms with E-state index in [0.717, 1.165) is 25.7 Å². The third-order valence-corrected chi connectivity index (χ3v) is 6.00. The highest BCUT2D eigenvalue weighted by atomic mass is 16.5. The maximum atomic E-state index is 12.5. The Morgan fingerprint density at radius 3 is 2.48 bits per heavy atom. The van der Waals surface area contributed by atoms with E-state index in [4.69, 9.17) is 9.47 Å². The fraction of sp³-hybridized carbons (Fsp3) is 0.722. The summed E-state index contributed by atoms with van der Waals surface area (Å²) in [5.41, 5.74) is -0.763. The molecule has 4 rings (SSSR count). The van der Waals surface area contributed by atoms with Gasteiger partial charge in [-0.3, -0.25) is 4.79 Å². The summed E-state index contributed by atoms with van der Waals surface area (Å²) in [6, 6.07) is 2.50. The van der Waals surface area contributed by atoms with Gasteiger partial charge in [0.25, 0.3) is 0 Å². The highest BCUT2D eigenvalue weighted by molar-refractivity contribution is 5.87. The van der Waals surface area contributed by atoms with E-state index in [9.17, 15) is 14.9 Å². The molecule has 4 aliphatic rings. The summed E-state index contributed by atoms with van der Waals surface area (Å²) in [6.45, 7) is 1.74. The number of carbonyl (C=O) groups excluding carboxylic acids is 2. The average molecular weight is 317 g/mol. The van der Waals surface area contributed by atoms with Crippen LogP contribution in [0.25, 0.3) is 0 Å². The molecule has 0 amide bonds. The van der Waals surface area contributed by atoms with Crippen molar-refractivity contribution in [3.8, 4) is 6.07 Å². The first-order valence-electron chi connectivity index (χ1n) is 8.09. The van der Waals surface area contributed by atoms with Gasteiger partial charge in [-0.1, -0.05) is 6.08 Å². The van der Waals surface area contributed by atoms with Crippen molar-refractivity contribution in [1.82, 2.24) is 0 Å². The molecule has 0 N–H and O–H groups in total. The fourth-order valence-electron chi connectivity index (χ4n) is 5.92. The summed E-state index contributed by atoms with van der Waals surface area (Å²) in [7, 11) is 2.79. The normalized spacial score (nSPS) is 41.3. The summed E-state index contributed by atoms with van der Waals surface area (Å²) in [4.78, 5) is 24.3. The van der Waals surface area contributed by atoms with Crippen LogP contribution >= 0.6 is 0 Å². The van der Waals surface area contributed by atoms with Gasteiger partial charge in [-0.25, -0.2) is 4.79 Å². The summed E-state index contributed by atoms with van der Waals surface area (Å²) >= 11 is 0. The van der Waals surface area contributed by atoms with Crippen LogP contribution < -0.4 is 0 Å². The van der Waals surface area contributed by atoms with Crippen molar-refractivity contribution >= 4 is 11.9 Å². The maximum absolute atomic E-state index is 12.5. The van der Waals surface area contributed by atoms with E-state index < -0.39 is 10.8 Å². The molecule has 5 nitrogen and oxygen atoms in total. The maximum Gasteiger partial charge on any atom is 0.333 e. The van der Waals surface area contributed by atoms with Gasteiger partial charge >= 0.3 is 11.9 Å². The number of carbonyl (C=O) groups is 2. The Hall–Kier alpha value is -1.83. The minimum atomic E-state index is -0.573. The largest absolute Gasteiger partial charge is 0.469 e. The first kappa shape index (κ1) is 16.0. The predicted molar refractivity (Wildman–Crippen MR) is 81.9 cm³/mol. The molecule has 0 aromatic heterocycles. The number of rotatable bonds is 3. The molecule has 0 radical (unpaired) electrons. The molecular weight excluding hydrogens is 294 g/mol. The Bertz CT molecular complexity index is 633. The van der Waals surface area contributed by atoms with E-state index in [0.29, 0.717) is 24.3 Å². The Morgan fingerprint density at radius 1 is 1.13 bits per heavy atom. The number of allylic oxidation sites excluding steroid dienone is 1. The molecule has 4 bridgehead atoms. The fourth-order valence-corrected chi connectivity index (χ4v) is 5.92. The molecule has 4 saturated carbocycles. The highest BCUT2D eigenvalue weighted by Gasteiger charge is 2.66. The van der Waals surface area contributed by atoms with Crippen LogP contribution in [-0.4, -0.2) is 26.2 Å². The van der Waals surface area contributed by atoms with Crippen LogP contribution in [0.1, 0.15) is 45.4 Å². The second-order valence-corrected chi connectivity index (χ2v) is 7.85. The molecule has 124 valence electrons. The SMILES string of the molecule is COC(=O)/C(C)=C/C12CC3CC(C#N)(C1)CC(C(=O)OC)(C3)C2. The Balaban J connectivity index is 2.05. The molecule has 0 aliphatic heterocycles. The zero-order valence-electron chi connectivity index (χ0n) is 14.0. The van der Waals surface area contributed by atoms with E-state index in [1.54, 1.807) is 6.92 Å². The van der Waals surface area contributed by atoms with Gasteiger partial charge in [-0.05, 0) is 56.8 Å². The molecule has 4 aliphatic carbocycles. The lowest BCUT2D eigenvalue weighted by Gasteiger charge is -2.62. The molecule has 0 aromatic carbocycles. The van der Waals surface area contributed by atoms with Gasteiger partial charge in [-0.15, -0.1) is 0 Å². The van der Waals surface area contributed by atoms with Crippen LogP contribution in [0, 0.1) is 33.5 Å². The average Bonchev–Trinajstić information content (AvgIpc) is 2.51. The molecule has 5 heteroatoms. The number of esters is 2. The number of ether oxygens (including phenoxy) is 2. The lowest BCUT2D eigenvalue weighted by atomic mass is 9.39. The molecule has 23 heavy (non-hydrogen) atoms. The van der Waals surface area contributed by atoms with Crippen LogP contribution in [0.3, 0.4) is 0 Å². The second-order valence-electron chi connectivity index (χ2n) is 7.85. The Kier molecular flexibility index (Phi) is 3.55. The van der Waals surface area contributed by atoms with E-state index in [1.165, 1.54) is 14.2 Å². The summed E-state index contributed by atoms with van der Waals surface area (Å²) in [5, 5.41) is 9.79. The second kappa shape index (κ2) is 5.09. The van der Waals surface area contributed by atoms with Gasteiger partial charge in [-0.2, -0.15) is 5.26 Å². The molecule has 0 spiro atoms. The van der Waals surface area contributed by atoms with Crippen LogP contribution in [0.2, 0.25) is 0 Å². The van der Waals surface area contributed by atoms with Gasteiger partial charge < -0.3 is 9.47 Å². The van der Waals surface area contributed by atoms with Crippen molar-refractivity contribution in [2.45, 2.75) is 45.4 Å². The van der Waals surface area contributed by atoms with E-state index in [1.807, 2.05) is 6.08 Å². The number of hydrogen-bond acceptors (Lipinski definition) is 5. The van der Waals surface area contributed by atoms with Gasteiger partial charge in [0.2, 0.25) is 0 Å². The molecule has 4 unspecified atom stereocenters. The standard InChI is InChI=1S/C18H23NO4/c1-12(14(20)22-2)4-16-5-13-6-17(8-16,11-19)10-18(7-13,9-16)15(21)23-3/h4,13H,5-10H2,1-3H3/b12-4+. The quantitative estimate of drug-likeness (QED) is 0.591. The molecule has 0 aromatic rings. The van der Waals surface area contributed by atoms with Crippen LogP contribution in [0.15, 0.2) is 11.6 Å². The first-order valence-corrected chi connectivity index (χ1v) is 8.09. The monoisotopic (exact) mass is 317 g/mol. The lowest BCUT2D eigenvalue weighted by molar-refractivity contribution is -0.180. The van der Waals surface area contributed by atoms with Crippen molar-refractivity contribution in [2.24, 2.45) is 22.2 Å². The van der Waals surface area contributed by atoms with Gasteiger partial charge in [0.1, 0.15) is 0 Å². The van der Waals surface area contributed by atoms with E-state index >= 15 is 0 Å². The zero-order chi connectivity index (χ0) is 16.9. The third-order valence-electron chi connectivity index (χ3n) is 6.00. The van der Waals surface area contributed by atoms with Crippen molar-refractivity contribution in [2.75, 3.05) is 14.2 Å². The summed E-state index contributed by atoms with van der Waals surface area (Å²) in [5.74, 6) is -0.208. The Morgan fingerprint density at radius 2 is 1.87 bits per heavy atom. The van der Waals surface area contributed by atoms with Crippen LogP contribution in [0.5, 0.6) is 0 Å².